The summed E-state index contributed by atoms with van der Waals surface area (Å²) in [6.07, 6.45) is 0.377. The minimum Gasteiger partial charge on any atom is -0.493 e. The van der Waals surface area contributed by atoms with Crippen LogP contribution in [0.15, 0.2) is 60.7 Å². The molecule has 1 amide bonds. The molecule has 2 heterocycles. The molecule has 0 aromatic heterocycles. The molecule has 0 radical (unpaired) electrons. The lowest BCUT2D eigenvalue weighted by molar-refractivity contribution is -0.384. The maximum atomic E-state index is 13.7. The highest BCUT2D eigenvalue weighted by Crippen LogP contribution is 2.39. The van der Waals surface area contributed by atoms with Gasteiger partial charge in [-0.15, -0.1) is 0 Å². The van der Waals surface area contributed by atoms with Crippen LogP contribution in [0, 0.1) is 21.8 Å². The first kappa shape index (κ1) is 25.5. The van der Waals surface area contributed by atoms with E-state index in [0.717, 1.165) is 23.4 Å². The average Bonchev–Trinajstić information content (AvgIpc) is 2.93. The Hall–Kier alpha value is -4.18. The third-order valence-electron chi connectivity index (χ3n) is 7.30. The van der Waals surface area contributed by atoms with Crippen LogP contribution < -0.4 is 19.7 Å². The predicted molar refractivity (Wildman–Crippen MR) is 141 cm³/mol. The molecule has 10 heteroatoms. The molecular formula is C28H29FN4O5. The van der Waals surface area contributed by atoms with Crippen LogP contribution in [0.5, 0.6) is 11.5 Å². The second-order valence-corrected chi connectivity index (χ2v) is 9.56. The summed E-state index contributed by atoms with van der Waals surface area (Å²) in [6, 6.07) is 16.4. The van der Waals surface area contributed by atoms with Crippen molar-refractivity contribution in [2.24, 2.45) is 5.92 Å². The summed E-state index contributed by atoms with van der Waals surface area (Å²) in [7, 11) is 3.08. The molecule has 198 valence electrons. The second-order valence-electron chi connectivity index (χ2n) is 9.56. The molecule has 1 N–H and O–H groups in total. The number of piperazine rings is 1. The number of methoxy groups -OCH3 is 2. The maximum absolute atomic E-state index is 13.7. The number of carbonyl (C=O) groups is 1. The van der Waals surface area contributed by atoms with Gasteiger partial charge in [0.05, 0.1) is 31.1 Å². The van der Waals surface area contributed by atoms with Crippen LogP contribution in [0.25, 0.3) is 0 Å². The molecule has 0 unspecified atom stereocenters. The molecule has 3 aromatic carbocycles. The van der Waals surface area contributed by atoms with Gasteiger partial charge in [-0.3, -0.25) is 19.8 Å². The fraction of sp³-hybridized carbons (Fsp3) is 0.321. The number of nitro groups is 1. The Morgan fingerprint density at radius 3 is 2.53 bits per heavy atom. The highest BCUT2D eigenvalue weighted by Gasteiger charge is 2.42. The van der Waals surface area contributed by atoms with E-state index in [2.05, 4.69) is 15.1 Å². The molecule has 2 atom stereocenters. The highest BCUT2D eigenvalue weighted by atomic mass is 19.1. The van der Waals surface area contributed by atoms with Crippen LogP contribution in [0.2, 0.25) is 0 Å². The lowest BCUT2D eigenvalue weighted by atomic mass is 9.83. The first-order chi connectivity index (χ1) is 18.4. The normalized spacial score (nSPS) is 18.8. The van der Waals surface area contributed by atoms with Crippen molar-refractivity contribution in [3.63, 3.8) is 0 Å². The van der Waals surface area contributed by atoms with Gasteiger partial charge in [0.1, 0.15) is 5.82 Å². The molecule has 3 aromatic rings. The first-order valence-electron chi connectivity index (χ1n) is 12.4. The summed E-state index contributed by atoms with van der Waals surface area (Å²) in [5.41, 5.74) is 3.30. The molecule has 0 spiro atoms. The van der Waals surface area contributed by atoms with Crippen molar-refractivity contribution in [2.45, 2.75) is 19.0 Å². The molecule has 9 nitrogen and oxygen atoms in total. The van der Waals surface area contributed by atoms with Crippen molar-refractivity contribution < 1.29 is 23.6 Å². The van der Waals surface area contributed by atoms with Gasteiger partial charge in [-0.05, 0) is 47.9 Å². The summed E-state index contributed by atoms with van der Waals surface area (Å²) >= 11 is 0. The molecule has 0 bridgehead atoms. The SMILES string of the molecule is COc1ccc(NC(=O)[C@H]2Cc3cc([N+](=O)[O-])ccc3N3CCN(Cc4ccc(F)cc4)C[C@H]23)cc1OC. The van der Waals surface area contributed by atoms with E-state index >= 15 is 0 Å². The average molecular weight is 521 g/mol. The molecule has 5 rings (SSSR count). The van der Waals surface area contributed by atoms with Crippen molar-refractivity contribution in [3.8, 4) is 11.5 Å². The number of non-ortho nitro benzene ring substituents is 1. The molecule has 0 aliphatic carbocycles. The summed E-state index contributed by atoms with van der Waals surface area (Å²) < 4.78 is 24.1. The van der Waals surface area contributed by atoms with Gasteiger partial charge in [0.25, 0.3) is 5.69 Å². The van der Waals surface area contributed by atoms with Crippen LogP contribution in [-0.4, -0.2) is 55.6 Å². The van der Waals surface area contributed by atoms with Gasteiger partial charge in [0.2, 0.25) is 5.91 Å². The van der Waals surface area contributed by atoms with Gasteiger partial charge >= 0.3 is 0 Å². The number of halogens is 1. The van der Waals surface area contributed by atoms with Crippen molar-refractivity contribution in [1.82, 2.24) is 4.90 Å². The fourth-order valence-electron chi connectivity index (χ4n) is 5.42. The number of nitro benzene ring substituents is 1. The van der Waals surface area contributed by atoms with Crippen molar-refractivity contribution in [3.05, 3.63) is 87.7 Å². The van der Waals surface area contributed by atoms with Crippen LogP contribution in [0.4, 0.5) is 21.5 Å². The van der Waals surface area contributed by atoms with E-state index in [9.17, 15) is 19.3 Å². The van der Waals surface area contributed by atoms with E-state index in [4.69, 9.17) is 9.47 Å². The number of nitrogens with zero attached hydrogens (tertiary/aromatic N) is 3. The Morgan fingerprint density at radius 2 is 1.82 bits per heavy atom. The topological polar surface area (TPSA) is 97.2 Å². The van der Waals surface area contributed by atoms with Crippen molar-refractivity contribution >= 4 is 23.0 Å². The van der Waals surface area contributed by atoms with Crippen LogP contribution in [0.3, 0.4) is 0 Å². The zero-order chi connectivity index (χ0) is 26.8. The number of ether oxygens (including phenoxy) is 2. The number of benzene rings is 3. The minimum absolute atomic E-state index is 0.0104. The van der Waals surface area contributed by atoms with E-state index in [1.54, 1.807) is 49.6 Å². The third kappa shape index (κ3) is 5.12. The second kappa shape index (κ2) is 10.7. The monoisotopic (exact) mass is 520 g/mol. The number of hydrogen-bond acceptors (Lipinski definition) is 7. The zero-order valence-corrected chi connectivity index (χ0v) is 21.2. The molecule has 1 saturated heterocycles. The number of amides is 1. The summed E-state index contributed by atoms with van der Waals surface area (Å²) in [6.45, 7) is 2.67. The Morgan fingerprint density at radius 1 is 1.05 bits per heavy atom. The third-order valence-corrected chi connectivity index (χ3v) is 7.30. The van der Waals surface area contributed by atoms with Crippen LogP contribution in [-0.2, 0) is 17.8 Å². The smallest absolute Gasteiger partial charge is 0.269 e. The van der Waals surface area contributed by atoms with Gasteiger partial charge in [-0.25, -0.2) is 4.39 Å². The molecule has 2 aliphatic rings. The van der Waals surface area contributed by atoms with Gasteiger partial charge in [-0.2, -0.15) is 0 Å². The van der Waals surface area contributed by atoms with E-state index in [-0.39, 0.29) is 23.5 Å². The standard InChI is InChI=1S/C28H29FN4O5/c1-37-26-10-7-21(15-27(26)38-2)30-28(34)23-14-19-13-22(33(35)36)8-9-24(19)32-12-11-31(17-25(23)32)16-18-3-5-20(29)6-4-18/h3-10,13,15,23,25H,11-12,14,16-17H2,1-2H3,(H,30,34)/t23-,25+/m0/s1. The zero-order valence-electron chi connectivity index (χ0n) is 21.2. The number of hydrogen-bond donors (Lipinski definition) is 1. The first-order valence-corrected chi connectivity index (χ1v) is 12.4. The number of carbonyl (C=O) groups excluding carboxylic acids is 1. The molecule has 1 fully saturated rings. The van der Waals surface area contributed by atoms with Crippen molar-refractivity contribution in [1.29, 1.82) is 0 Å². The van der Waals surface area contributed by atoms with Gasteiger partial charge in [0, 0.05) is 55.8 Å². The lowest BCUT2D eigenvalue weighted by Gasteiger charge is -2.49. The number of anilines is 2. The van der Waals surface area contributed by atoms with Gasteiger partial charge in [0.15, 0.2) is 11.5 Å². The Kier molecular flexibility index (Phi) is 7.15. The van der Waals surface area contributed by atoms with E-state index in [0.29, 0.717) is 43.2 Å². The number of fused-ring (bicyclic) bond motifs is 3. The summed E-state index contributed by atoms with van der Waals surface area (Å²) in [4.78, 5) is 29.2. The maximum Gasteiger partial charge on any atom is 0.269 e. The Balaban J connectivity index is 1.43. The quantitative estimate of drug-likeness (QED) is 0.367. The van der Waals surface area contributed by atoms with Crippen LogP contribution >= 0.6 is 0 Å². The molecule has 0 saturated carbocycles. The van der Waals surface area contributed by atoms with E-state index < -0.39 is 10.8 Å². The fourth-order valence-corrected chi connectivity index (χ4v) is 5.42. The molecule has 38 heavy (non-hydrogen) atoms. The Labute approximate surface area is 219 Å². The largest absolute Gasteiger partial charge is 0.493 e. The Bertz CT molecular complexity index is 1350. The van der Waals surface area contributed by atoms with E-state index in [1.165, 1.54) is 25.3 Å². The minimum atomic E-state index is -0.450. The number of rotatable bonds is 7. The summed E-state index contributed by atoms with van der Waals surface area (Å²) in [5, 5.41) is 14.5. The van der Waals surface area contributed by atoms with Gasteiger partial charge < -0.3 is 19.7 Å². The molecule has 2 aliphatic heterocycles. The molecular weight excluding hydrogens is 491 g/mol. The van der Waals surface area contributed by atoms with Crippen molar-refractivity contribution in [2.75, 3.05) is 44.1 Å². The predicted octanol–water partition coefficient (Wildman–Crippen LogP) is 4.25. The summed E-state index contributed by atoms with van der Waals surface area (Å²) in [5.74, 6) is 0.157. The highest BCUT2D eigenvalue weighted by molar-refractivity contribution is 5.94. The lowest BCUT2D eigenvalue weighted by Crippen LogP contribution is -2.60. The van der Waals surface area contributed by atoms with E-state index in [1.807, 2.05) is 0 Å². The van der Waals surface area contributed by atoms with Gasteiger partial charge in [-0.1, -0.05) is 12.1 Å². The number of nitrogens with one attached hydrogen (secondary N) is 1. The van der Waals surface area contributed by atoms with Crippen LogP contribution in [0.1, 0.15) is 11.1 Å².